The second-order valence-electron chi connectivity index (χ2n) is 11.2. The summed E-state index contributed by atoms with van der Waals surface area (Å²) in [6.07, 6.45) is 5.16. The molecule has 0 radical (unpaired) electrons. The molecule has 0 spiro atoms. The summed E-state index contributed by atoms with van der Waals surface area (Å²) in [5.74, 6) is 0.736. The van der Waals surface area contributed by atoms with Gasteiger partial charge in [0.05, 0.1) is 18.5 Å². The van der Waals surface area contributed by atoms with E-state index >= 15 is 0 Å². The first-order valence-corrected chi connectivity index (χ1v) is 13.7. The third-order valence-electron chi connectivity index (χ3n) is 8.50. The van der Waals surface area contributed by atoms with Crippen LogP contribution in [0.15, 0.2) is 65.7 Å². The topological polar surface area (TPSA) is 99.5 Å². The molecule has 3 atom stereocenters. The van der Waals surface area contributed by atoms with E-state index < -0.39 is 5.60 Å². The van der Waals surface area contributed by atoms with Crippen LogP contribution in [-0.2, 0) is 11.3 Å². The molecule has 3 aliphatic rings. The lowest BCUT2D eigenvalue weighted by molar-refractivity contribution is -0.136. The van der Waals surface area contributed by atoms with Crippen molar-refractivity contribution in [2.45, 2.75) is 69.2 Å². The number of nitrogens with one attached hydrogen (secondary N) is 2. The van der Waals surface area contributed by atoms with Gasteiger partial charge < -0.3 is 20.6 Å². The van der Waals surface area contributed by atoms with Gasteiger partial charge in [-0.3, -0.25) is 14.2 Å². The molecule has 1 amide bonds. The number of carbonyl (C=O) groups is 1. The lowest BCUT2D eigenvalue weighted by Crippen LogP contribution is -2.49. The molecule has 6 rings (SSSR count). The van der Waals surface area contributed by atoms with Crippen molar-refractivity contribution in [1.82, 2.24) is 19.8 Å². The maximum absolute atomic E-state index is 12.9. The number of piperidine rings is 1. The predicted octanol–water partition coefficient (Wildman–Crippen LogP) is 4.44. The zero-order valence-corrected chi connectivity index (χ0v) is 23.0. The third-order valence-corrected chi connectivity index (χ3v) is 8.50. The van der Waals surface area contributed by atoms with E-state index in [9.17, 15) is 14.7 Å². The summed E-state index contributed by atoms with van der Waals surface area (Å²) in [4.78, 5) is 32.0. The van der Waals surface area contributed by atoms with Gasteiger partial charge in [0, 0.05) is 43.3 Å². The van der Waals surface area contributed by atoms with Crippen LogP contribution in [0.2, 0.25) is 0 Å². The zero-order valence-electron chi connectivity index (χ0n) is 22.2. The molecule has 2 bridgehead atoms. The molecule has 8 nitrogen and oxygen atoms in total. The molecule has 2 saturated heterocycles. The highest BCUT2D eigenvalue weighted by Crippen LogP contribution is 2.45. The summed E-state index contributed by atoms with van der Waals surface area (Å²) in [5.41, 5.74) is 3.52. The van der Waals surface area contributed by atoms with E-state index in [4.69, 9.17) is 0 Å². The molecule has 0 saturated carbocycles. The second kappa shape index (κ2) is 11.1. The summed E-state index contributed by atoms with van der Waals surface area (Å²) in [7, 11) is 0. The fraction of sp³-hybridized carbons (Fsp3) is 0.433. The molecule has 4 heterocycles. The van der Waals surface area contributed by atoms with E-state index in [0.29, 0.717) is 50.3 Å². The van der Waals surface area contributed by atoms with Crippen molar-refractivity contribution < 1.29 is 9.90 Å². The molecular weight excluding hydrogens is 514 g/mol. The first kappa shape index (κ1) is 27.4. The number of rotatable bonds is 7. The van der Waals surface area contributed by atoms with E-state index in [0.717, 1.165) is 17.7 Å². The molecule has 0 aliphatic carbocycles. The van der Waals surface area contributed by atoms with Crippen LogP contribution in [0.3, 0.4) is 0 Å². The number of carbonyl (C=O) groups excluding carboxylic acids is 1. The summed E-state index contributed by atoms with van der Waals surface area (Å²) in [6.45, 7) is 3.19. The van der Waals surface area contributed by atoms with Gasteiger partial charge in [-0.2, -0.15) is 0 Å². The lowest BCUT2D eigenvalue weighted by atomic mass is 9.90. The van der Waals surface area contributed by atoms with Crippen molar-refractivity contribution >= 4 is 29.8 Å². The van der Waals surface area contributed by atoms with Crippen LogP contribution in [-0.4, -0.2) is 44.2 Å². The molecule has 1 aromatic heterocycles. The standard InChI is InChI=1S/C30H35N5O3.ClH/c1-20(21-5-3-2-4-6-21)15-28(36)34-13-11-30(38,12-14-34)18-35-19-31-27(17-29(35)37)32-22-7-8-23-24(16-22)26-10-9-25(23)33-26;/h2-8,16-17,19-20,25-26,32-33,38H,9-15,18H2,1H3;1H. The van der Waals surface area contributed by atoms with Crippen LogP contribution in [0.5, 0.6) is 0 Å². The van der Waals surface area contributed by atoms with Crippen LogP contribution < -0.4 is 16.2 Å². The number of aliphatic hydroxyl groups is 1. The number of fused-ring (bicyclic) bond motifs is 5. The molecule has 2 fully saturated rings. The molecule has 206 valence electrons. The van der Waals surface area contributed by atoms with Crippen LogP contribution in [0.25, 0.3) is 0 Å². The Morgan fingerprint density at radius 3 is 2.54 bits per heavy atom. The third kappa shape index (κ3) is 5.73. The van der Waals surface area contributed by atoms with Crippen LogP contribution in [0, 0.1) is 0 Å². The summed E-state index contributed by atoms with van der Waals surface area (Å²) < 4.78 is 1.46. The van der Waals surface area contributed by atoms with Crippen LogP contribution >= 0.6 is 12.4 Å². The van der Waals surface area contributed by atoms with Crippen molar-refractivity contribution in [3.05, 3.63) is 88.0 Å². The van der Waals surface area contributed by atoms with Gasteiger partial charge in [0.25, 0.3) is 5.56 Å². The minimum absolute atomic E-state index is 0. The Bertz CT molecular complexity index is 1390. The number of aromatic nitrogens is 2. The first-order valence-electron chi connectivity index (χ1n) is 13.7. The van der Waals surface area contributed by atoms with Crippen LogP contribution in [0.4, 0.5) is 11.5 Å². The van der Waals surface area contributed by atoms with E-state index in [2.05, 4.69) is 34.7 Å². The highest BCUT2D eigenvalue weighted by Gasteiger charge is 2.36. The van der Waals surface area contributed by atoms with Gasteiger partial charge in [-0.15, -0.1) is 12.4 Å². The maximum atomic E-state index is 12.9. The molecule has 3 N–H and O–H groups in total. The Kier molecular flexibility index (Phi) is 7.80. The quantitative estimate of drug-likeness (QED) is 0.403. The number of nitrogens with zero attached hydrogens (tertiary/aromatic N) is 3. The Labute approximate surface area is 234 Å². The smallest absolute Gasteiger partial charge is 0.255 e. The van der Waals surface area contributed by atoms with Crippen molar-refractivity contribution in [2.24, 2.45) is 0 Å². The van der Waals surface area contributed by atoms with Gasteiger partial charge in [-0.1, -0.05) is 43.3 Å². The highest BCUT2D eigenvalue weighted by atomic mass is 35.5. The summed E-state index contributed by atoms with van der Waals surface area (Å²) >= 11 is 0. The van der Waals surface area contributed by atoms with Gasteiger partial charge in [0.2, 0.25) is 5.91 Å². The lowest BCUT2D eigenvalue weighted by Gasteiger charge is -2.38. The van der Waals surface area contributed by atoms with Crippen molar-refractivity contribution in [3.63, 3.8) is 0 Å². The van der Waals surface area contributed by atoms with Gasteiger partial charge in [-0.25, -0.2) is 4.98 Å². The average Bonchev–Trinajstić information content (AvgIpc) is 3.54. The predicted molar refractivity (Wildman–Crippen MR) is 154 cm³/mol. The van der Waals surface area contributed by atoms with E-state index in [-0.39, 0.29) is 36.3 Å². The Balaban J connectivity index is 0.00000308. The molecule has 3 aliphatic heterocycles. The second-order valence-corrected chi connectivity index (χ2v) is 11.2. The van der Waals surface area contributed by atoms with Crippen LogP contribution in [0.1, 0.15) is 73.7 Å². The van der Waals surface area contributed by atoms with Crippen molar-refractivity contribution in [3.8, 4) is 0 Å². The molecule has 2 aromatic carbocycles. The molecule has 9 heteroatoms. The van der Waals surface area contributed by atoms with Crippen molar-refractivity contribution in [1.29, 1.82) is 0 Å². The van der Waals surface area contributed by atoms with E-state index in [1.165, 1.54) is 34.5 Å². The number of hydrogen-bond acceptors (Lipinski definition) is 6. The monoisotopic (exact) mass is 549 g/mol. The van der Waals surface area contributed by atoms with E-state index in [1.54, 1.807) is 0 Å². The Morgan fingerprint density at radius 2 is 1.82 bits per heavy atom. The number of anilines is 2. The number of benzene rings is 2. The largest absolute Gasteiger partial charge is 0.388 e. The minimum atomic E-state index is -1.05. The normalized spacial score (nSPS) is 21.6. The van der Waals surface area contributed by atoms with Gasteiger partial charge in [0.1, 0.15) is 5.82 Å². The zero-order chi connectivity index (χ0) is 26.3. The minimum Gasteiger partial charge on any atom is -0.388 e. The van der Waals surface area contributed by atoms with Gasteiger partial charge >= 0.3 is 0 Å². The molecule has 39 heavy (non-hydrogen) atoms. The number of hydrogen-bond donors (Lipinski definition) is 3. The molecule has 3 unspecified atom stereocenters. The fourth-order valence-corrected chi connectivity index (χ4v) is 6.20. The molecular formula is C30H36ClN5O3. The SMILES string of the molecule is CC(CC(=O)N1CCC(O)(Cn2cnc(Nc3ccc4c(c3)C3CCC4N3)cc2=O)CC1)c1ccccc1.Cl. The number of amides is 1. The van der Waals surface area contributed by atoms with Gasteiger partial charge in [-0.05, 0) is 60.4 Å². The fourth-order valence-electron chi connectivity index (χ4n) is 6.20. The number of likely N-dealkylation sites (tertiary alicyclic amines) is 1. The van der Waals surface area contributed by atoms with E-state index in [1.807, 2.05) is 41.3 Å². The molecule has 3 aromatic rings. The maximum Gasteiger partial charge on any atom is 0.255 e. The first-order chi connectivity index (χ1) is 18.4. The van der Waals surface area contributed by atoms with Crippen molar-refractivity contribution in [2.75, 3.05) is 18.4 Å². The Hall–Kier alpha value is -3.20. The summed E-state index contributed by atoms with van der Waals surface area (Å²) in [6, 6.07) is 18.8. The van der Waals surface area contributed by atoms with Gasteiger partial charge in [0.15, 0.2) is 0 Å². The average molecular weight is 550 g/mol. The highest BCUT2D eigenvalue weighted by molar-refractivity contribution is 5.85. The Morgan fingerprint density at radius 1 is 1.10 bits per heavy atom. The number of halogens is 1. The summed E-state index contributed by atoms with van der Waals surface area (Å²) in [5, 5.41) is 18.1.